The number of hydrogen-bond donors (Lipinski definition) is 0. The van der Waals surface area contributed by atoms with Crippen molar-refractivity contribution in [2.75, 3.05) is 0 Å². The zero-order chi connectivity index (χ0) is 13.2. The molecule has 3 aromatic rings. The van der Waals surface area contributed by atoms with E-state index in [1.807, 2.05) is 24.3 Å². The molecule has 0 N–H and O–H groups in total. The topological polar surface area (TPSA) is 35.0 Å². The Morgan fingerprint density at radius 3 is 2.79 bits per heavy atom. The predicted molar refractivity (Wildman–Crippen MR) is 78.7 cm³/mol. The van der Waals surface area contributed by atoms with Gasteiger partial charge in [-0.3, -0.25) is 0 Å². The van der Waals surface area contributed by atoms with Crippen LogP contribution in [-0.2, 0) is 0 Å². The highest BCUT2D eigenvalue weighted by Crippen LogP contribution is 2.27. The summed E-state index contributed by atoms with van der Waals surface area (Å²) in [5.41, 5.74) is 0.650. The summed E-state index contributed by atoms with van der Waals surface area (Å²) in [6.07, 6.45) is 1.41. The van der Waals surface area contributed by atoms with Gasteiger partial charge in [-0.15, -0.1) is 0 Å². The van der Waals surface area contributed by atoms with Crippen LogP contribution in [0.4, 0.5) is 4.39 Å². The molecular weight excluding hydrogens is 358 g/mol. The van der Waals surface area contributed by atoms with E-state index in [1.54, 1.807) is 6.07 Å². The van der Waals surface area contributed by atoms with Gasteiger partial charge in [-0.2, -0.15) is 0 Å². The van der Waals surface area contributed by atoms with Crippen LogP contribution in [-0.4, -0.2) is 9.97 Å². The smallest absolute Gasteiger partial charge is 0.230 e. The van der Waals surface area contributed by atoms with Gasteiger partial charge in [0.2, 0.25) is 5.88 Å². The van der Waals surface area contributed by atoms with Gasteiger partial charge in [0.15, 0.2) is 0 Å². The Morgan fingerprint density at radius 1 is 1.05 bits per heavy atom. The summed E-state index contributed by atoms with van der Waals surface area (Å²) < 4.78 is 20.1. The summed E-state index contributed by atoms with van der Waals surface area (Å²) in [7, 11) is 0. The maximum Gasteiger partial charge on any atom is 0.230 e. The van der Waals surface area contributed by atoms with Gasteiger partial charge in [-0.25, -0.2) is 14.4 Å². The second-order valence-corrected chi connectivity index (χ2v) is 5.15. The molecule has 0 atom stereocenters. The highest BCUT2D eigenvalue weighted by molar-refractivity contribution is 14.1. The van der Waals surface area contributed by atoms with E-state index in [-0.39, 0.29) is 5.82 Å². The van der Waals surface area contributed by atoms with Gasteiger partial charge in [-0.1, -0.05) is 6.07 Å². The molecule has 0 bridgehead atoms. The standard InChI is InChI=1S/C14H8FIN2O/c15-9-4-5-13-12(6-9)14(18-8-17-13)19-11-3-1-2-10(16)7-11/h1-8H. The van der Waals surface area contributed by atoms with E-state index in [0.717, 1.165) is 3.57 Å². The molecule has 0 aliphatic carbocycles. The van der Waals surface area contributed by atoms with Crippen molar-refractivity contribution in [3.05, 3.63) is 58.2 Å². The van der Waals surface area contributed by atoms with E-state index in [2.05, 4.69) is 32.6 Å². The third kappa shape index (κ3) is 2.65. The third-order valence-electron chi connectivity index (χ3n) is 2.57. The van der Waals surface area contributed by atoms with Crippen LogP contribution in [0.2, 0.25) is 0 Å². The average molecular weight is 366 g/mol. The number of halogens is 2. The first-order chi connectivity index (χ1) is 9.22. The lowest BCUT2D eigenvalue weighted by Gasteiger charge is -2.07. The molecule has 0 spiro atoms. The van der Waals surface area contributed by atoms with E-state index in [0.29, 0.717) is 22.5 Å². The molecule has 0 aliphatic heterocycles. The van der Waals surface area contributed by atoms with E-state index in [1.165, 1.54) is 18.5 Å². The zero-order valence-corrected chi connectivity index (χ0v) is 11.8. The summed E-state index contributed by atoms with van der Waals surface area (Å²) in [5, 5.41) is 0.557. The zero-order valence-electron chi connectivity index (χ0n) is 9.68. The van der Waals surface area contributed by atoms with Gasteiger partial charge >= 0.3 is 0 Å². The van der Waals surface area contributed by atoms with E-state index in [4.69, 9.17) is 4.74 Å². The number of fused-ring (bicyclic) bond motifs is 1. The van der Waals surface area contributed by atoms with Crippen LogP contribution in [0.1, 0.15) is 0 Å². The molecule has 5 heteroatoms. The van der Waals surface area contributed by atoms with Crippen LogP contribution < -0.4 is 4.74 Å². The van der Waals surface area contributed by atoms with Gasteiger partial charge in [0.1, 0.15) is 17.9 Å². The highest BCUT2D eigenvalue weighted by Gasteiger charge is 2.07. The average Bonchev–Trinajstić information content (AvgIpc) is 2.39. The molecular formula is C14H8FIN2O. The van der Waals surface area contributed by atoms with Gasteiger partial charge in [0.25, 0.3) is 0 Å². The fourth-order valence-corrected chi connectivity index (χ4v) is 2.24. The second kappa shape index (κ2) is 5.08. The van der Waals surface area contributed by atoms with Crippen molar-refractivity contribution >= 4 is 33.5 Å². The summed E-state index contributed by atoms with van der Waals surface area (Å²) in [6, 6.07) is 11.9. The Hall–Kier alpha value is -1.76. The Kier molecular flexibility index (Phi) is 3.29. The third-order valence-corrected chi connectivity index (χ3v) is 3.24. The highest BCUT2D eigenvalue weighted by atomic mass is 127. The second-order valence-electron chi connectivity index (χ2n) is 3.90. The molecule has 0 radical (unpaired) electrons. The molecule has 0 saturated heterocycles. The van der Waals surface area contributed by atoms with Gasteiger partial charge in [0, 0.05) is 3.57 Å². The first-order valence-electron chi connectivity index (χ1n) is 5.56. The first-order valence-corrected chi connectivity index (χ1v) is 6.64. The van der Waals surface area contributed by atoms with Crippen LogP contribution in [0.3, 0.4) is 0 Å². The molecule has 2 aromatic carbocycles. The fourth-order valence-electron chi connectivity index (χ4n) is 1.73. The molecule has 1 heterocycles. The monoisotopic (exact) mass is 366 g/mol. The number of ether oxygens (including phenoxy) is 1. The number of aromatic nitrogens is 2. The molecule has 1 aromatic heterocycles. The Bertz CT molecular complexity index is 748. The van der Waals surface area contributed by atoms with Crippen molar-refractivity contribution in [3.63, 3.8) is 0 Å². The summed E-state index contributed by atoms with van der Waals surface area (Å²) in [5.74, 6) is 0.678. The van der Waals surface area contributed by atoms with Crippen LogP contribution in [0.15, 0.2) is 48.8 Å². The maximum atomic E-state index is 13.3. The lowest BCUT2D eigenvalue weighted by molar-refractivity contribution is 0.467. The number of rotatable bonds is 2. The van der Waals surface area contributed by atoms with Crippen LogP contribution in [0.25, 0.3) is 10.9 Å². The number of hydrogen-bond acceptors (Lipinski definition) is 3. The minimum atomic E-state index is -0.338. The Balaban J connectivity index is 2.07. The maximum absolute atomic E-state index is 13.3. The molecule has 19 heavy (non-hydrogen) atoms. The molecule has 3 rings (SSSR count). The van der Waals surface area contributed by atoms with Crippen molar-refractivity contribution < 1.29 is 9.13 Å². The fraction of sp³-hybridized carbons (Fsp3) is 0. The summed E-state index contributed by atoms with van der Waals surface area (Å²) in [6.45, 7) is 0. The molecule has 0 saturated carbocycles. The first kappa shape index (κ1) is 12.3. The quantitative estimate of drug-likeness (QED) is 0.639. The van der Waals surface area contributed by atoms with E-state index >= 15 is 0 Å². The normalized spacial score (nSPS) is 10.6. The molecule has 0 unspecified atom stereocenters. The van der Waals surface area contributed by atoms with E-state index < -0.39 is 0 Å². The van der Waals surface area contributed by atoms with E-state index in [9.17, 15) is 4.39 Å². The SMILES string of the molecule is Fc1ccc2ncnc(Oc3cccc(I)c3)c2c1. The minimum absolute atomic E-state index is 0.338. The van der Waals surface area contributed by atoms with Gasteiger partial charge in [-0.05, 0) is 59.0 Å². The van der Waals surface area contributed by atoms with Crippen LogP contribution in [0.5, 0.6) is 11.6 Å². The van der Waals surface area contributed by atoms with Crippen molar-refractivity contribution in [3.8, 4) is 11.6 Å². The predicted octanol–water partition coefficient (Wildman–Crippen LogP) is 4.17. The van der Waals surface area contributed by atoms with Crippen molar-refractivity contribution in [1.29, 1.82) is 0 Å². The molecule has 0 amide bonds. The lowest BCUT2D eigenvalue weighted by Crippen LogP contribution is -1.92. The molecule has 0 aliphatic rings. The largest absolute Gasteiger partial charge is 0.438 e. The molecule has 94 valence electrons. The Morgan fingerprint density at radius 2 is 1.95 bits per heavy atom. The number of nitrogens with zero attached hydrogens (tertiary/aromatic N) is 2. The summed E-state index contributed by atoms with van der Waals surface area (Å²) >= 11 is 2.20. The lowest BCUT2D eigenvalue weighted by atomic mass is 10.2. The van der Waals surface area contributed by atoms with Crippen molar-refractivity contribution in [1.82, 2.24) is 9.97 Å². The van der Waals surface area contributed by atoms with Gasteiger partial charge in [0.05, 0.1) is 10.9 Å². The van der Waals surface area contributed by atoms with Gasteiger partial charge < -0.3 is 4.74 Å². The van der Waals surface area contributed by atoms with Crippen molar-refractivity contribution in [2.24, 2.45) is 0 Å². The summed E-state index contributed by atoms with van der Waals surface area (Å²) in [4.78, 5) is 8.15. The Labute approximate surface area is 122 Å². The molecule has 3 nitrogen and oxygen atoms in total. The number of benzene rings is 2. The van der Waals surface area contributed by atoms with Crippen LogP contribution in [0, 0.1) is 9.39 Å². The minimum Gasteiger partial charge on any atom is -0.438 e. The van der Waals surface area contributed by atoms with Crippen LogP contribution >= 0.6 is 22.6 Å². The molecule has 0 fully saturated rings. The van der Waals surface area contributed by atoms with Crippen molar-refractivity contribution in [2.45, 2.75) is 0 Å².